The Morgan fingerprint density at radius 2 is 1.89 bits per heavy atom. The first kappa shape index (κ1) is 15.0. The van der Waals surface area contributed by atoms with E-state index in [4.69, 9.17) is 5.11 Å². The highest BCUT2D eigenvalue weighted by atomic mass is 16.4. The number of carboxylic acids is 1. The summed E-state index contributed by atoms with van der Waals surface area (Å²) in [5.74, 6) is -1.27. The van der Waals surface area contributed by atoms with E-state index in [-0.39, 0.29) is 0 Å². The van der Waals surface area contributed by atoms with Crippen LogP contribution in [0.2, 0.25) is 0 Å². The van der Waals surface area contributed by atoms with Crippen LogP contribution < -0.4 is 10.6 Å². The predicted molar refractivity (Wildman–Crippen MR) is 69.8 cm³/mol. The van der Waals surface area contributed by atoms with Gasteiger partial charge in [-0.3, -0.25) is 0 Å². The smallest absolute Gasteiger partial charge is 0.328 e. The van der Waals surface area contributed by atoms with Gasteiger partial charge in [-0.15, -0.1) is 0 Å². The van der Waals surface area contributed by atoms with Gasteiger partial charge in [-0.1, -0.05) is 30.3 Å². The quantitative estimate of drug-likeness (QED) is 0.597. The van der Waals surface area contributed by atoms with Crippen molar-refractivity contribution >= 4 is 12.0 Å². The number of aliphatic carboxylic acids is 1. The number of carboxylic acid groups (broad SMARTS) is 1. The van der Waals surface area contributed by atoms with Crippen molar-refractivity contribution in [1.82, 2.24) is 10.6 Å². The minimum Gasteiger partial charge on any atom is -0.480 e. The molecule has 6 nitrogen and oxygen atoms in total. The van der Waals surface area contributed by atoms with Gasteiger partial charge in [0.15, 0.2) is 6.04 Å². The summed E-state index contributed by atoms with van der Waals surface area (Å²) in [4.78, 5) is 22.2. The summed E-state index contributed by atoms with van der Waals surface area (Å²) in [5, 5.41) is 22.8. The van der Waals surface area contributed by atoms with E-state index >= 15 is 0 Å². The summed E-state index contributed by atoms with van der Waals surface area (Å²) in [6, 6.07) is 7.68. The van der Waals surface area contributed by atoms with Crippen molar-refractivity contribution in [2.75, 3.05) is 6.54 Å². The molecule has 0 spiro atoms. The van der Waals surface area contributed by atoms with Gasteiger partial charge in [-0.25, -0.2) is 9.59 Å². The number of hydrogen-bond acceptors (Lipinski definition) is 3. The molecule has 0 aliphatic rings. The van der Waals surface area contributed by atoms with Crippen molar-refractivity contribution in [3.05, 3.63) is 35.9 Å². The topological polar surface area (TPSA) is 98.7 Å². The number of carbonyl (C=O) groups is 2. The van der Waals surface area contributed by atoms with Crippen LogP contribution in [0, 0.1) is 0 Å². The highest BCUT2D eigenvalue weighted by Gasteiger charge is 2.24. The number of hydrogen-bond donors (Lipinski definition) is 4. The number of nitrogens with one attached hydrogen (secondary N) is 2. The number of rotatable bonds is 6. The van der Waals surface area contributed by atoms with Crippen LogP contribution in [-0.2, 0) is 11.2 Å². The van der Waals surface area contributed by atoms with Crippen LogP contribution in [0.5, 0.6) is 0 Å². The molecule has 0 saturated carbocycles. The minimum absolute atomic E-state index is 0.391. The zero-order valence-corrected chi connectivity index (χ0v) is 10.7. The monoisotopic (exact) mass is 266 g/mol. The lowest BCUT2D eigenvalue weighted by atomic mass is 10.1. The Hall–Kier alpha value is -2.08. The maximum absolute atomic E-state index is 11.5. The molecule has 0 radical (unpaired) electrons. The average Bonchev–Trinajstić information content (AvgIpc) is 2.36. The molecule has 0 heterocycles. The molecule has 6 heteroatoms. The van der Waals surface area contributed by atoms with Crippen molar-refractivity contribution in [2.45, 2.75) is 25.5 Å². The maximum atomic E-state index is 11.5. The van der Waals surface area contributed by atoms with E-state index in [1.54, 1.807) is 0 Å². The number of benzene rings is 1. The summed E-state index contributed by atoms with van der Waals surface area (Å²) >= 11 is 0. The Labute approximate surface area is 111 Å². The molecule has 1 aromatic rings. The van der Waals surface area contributed by atoms with Crippen LogP contribution in [-0.4, -0.2) is 40.9 Å². The number of aliphatic hydroxyl groups is 1. The van der Waals surface area contributed by atoms with Gasteiger partial charge in [0.2, 0.25) is 0 Å². The van der Waals surface area contributed by atoms with Crippen molar-refractivity contribution in [3.8, 4) is 0 Å². The largest absolute Gasteiger partial charge is 0.480 e. The van der Waals surface area contributed by atoms with Gasteiger partial charge in [0.1, 0.15) is 0 Å². The second kappa shape index (κ2) is 7.38. The molecular formula is C13H18N2O4. The van der Waals surface area contributed by atoms with Crippen molar-refractivity contribution < 1.29 is 19.8 Å². The normalized spacial score (nSPS) is 13.4. The maximum Gasteiger partial charge on any atom is 0.328 e. The lowest BCUT2D eigenvalue weighted by Crippen LogP contribution is -2.51. The van der Waals surface area contributed by atoms with Crippen molar-refractivity contribution in [3.63, 3.8) is 0 Å². The number of aliphatic hydroxyl groups excluding tert-OH is 1. The second-order valence-corrected chi connectivity index (χ2v) is 4.19. The summed E-state index contributed by atoms with van der Waals surface area (Å²) in [7, 11) is 0. The van der Waals surface area contributed by atoms with E-state index in [1.807, 2.05) is 30.3 Å². The van der Waals surface area contributed by atoms with Gasteiger partial charge in [0.25, 0.3) is 0 Å². The Kier molecular flexibility index (Phi) is 5.81. The van der Waals surface area contributed by atoms with Crippen LogP contribution in [0.3, 0.4) is 0 Å². The van der Waals surface area contributed by atoms with E-state index in [0.717, 1.165) is 5.56 Å². The summed E-state index contributed by atoms with van der Waals surface area (Å²) in [6.07, 6.45) is -0.502. The molecule has 2 atom stereocenters. The fraction of sp³-hybridized carbons (Fsp3) is 0.385. The van der Waals surface area contributed by atoms with Gasteiger partial charge in [0.05, 0.1) is 6.10 Å². The molecule has 0 aliphatic heterocycles. The first-order valence-electron chi connectivity index (χ1n) is 6.00. The van der Waals surface area contributed by atoms with Crippen LogP contribution in [0.4, 0.5) is 4.79 Å². The first-order valence-corrected chi connectivity index (χ1v) is 6.00. The molecule has 4 N–H and O–H groups in total. The Balaban J connectivity index is 2.33. The lowest BCUT2D eigenvalue weighted by molar-refractivity contribution is -0.141. The molecule has 2 amide bonds. The third-order valence-electron chi connectivity index (χ3n) is 2.58. The van der Waals surface area contributed by atoms with Gasteiger partial charge in [-0.2, -0.15) is 0 Å². The third kappa shape index (κ3) is 5.39. The fourth-order valence-corrected chi connectivity index (χ4v) is 1.55. The first-order chi connectivity index (χ1) is 9.00. The Morgan fingerprint density at radius 3 is 2.42 bits per heavy atom. The highest BCUT2D eigenvalue weighted by Crippen LogP contribution is 1.98. The molecule has 0 bridgehead atoms. The molecular weight excluding hydrogens is 248 g/mol. The van der Waals surface area contributed by atoms with E-state index < -0.39 is 24.1 Å². The standard InChI is InChI=1S/C13H18N2O4/c1-9(16)11(12(17)18)15-13(19)14-8-7-10-5-3-2-4-6-10/h2-6,9,11,16H,7-8H2,1H3,(H,17,18)(H2,14,15,19)/t9-,11+/m1/s1. The molecule has 0 aromatic heterocycles. The molecule has 0 saturated heterocycles. The highest BCUT2D eigenvalue weighted by molar-refractivity contribution is 5.82. The zero-order valence-electron chi connectivity index (χ0n) is 10.7. The van der Waals surface area contributed by atoms with Crippen LogP contribution in [0.1, 0.15) is 12.5 Å². The Bertz CT molecular complexity index is 420. The van der Waals surface area contributed by atoms with E-state index in [1.165, 1.54) is 6.92 Å². The fourth-order valence-electron chi connectivity index (χ4n) is 1.55. The van der Waals surface area contributed by atoms with Crippen LogP contribution in [0.25, 0.3) is 0 Å². The van der Waals surface area contributed by atoms with Gasteiger partial charge >= 0.3 is 12.0 Å². The molecule has 1 aromatic carbocycles. The summed E-state index contributed by atoms with van der Waals surface area (Å²) < 4.78 is 0. The van der Waals surface area contributed by atoms with Gasteiger partial charge < -0.3 is 20.8 Å². The second-order valence-electron chi connectivity index (χ2n) is 4.19. The minimum atomic E-state index is -1.31. The molecule has 0 aliphatic carbocycles. The van der Waals surface area contributed by atoms with Gasteiger partial charge in [0, 0.05) is 6.54 Å². The zero-order chi connectivity index (χ0) is 14.3. The third-order valence-corrected chi connectivity index (χ3v) is 2.58. The number of amides is 2. The molecule has 1 rings (SSSR count). The van der Waals surface area contributed by atoms with Gasteiger partial charge in [-0.05, 0) is 18.9 Å². The van der Waals surface area contributed by atoms with E-state index in [9.17, 15) is 14.7 Å². The van der Waals surface area contributed by atoms with Crippen molar-refractivity contribution in [1.29, 1.82) is 0 Å². The van der Waals surface area contributed by atoms with E-state index in [2.05, 4.69) is 10.6 Å². The van der Waals surface area contributed by atoms with Crippen LogP contribution in [0.15, 0.2) is 30.3 Å². The van der Waals surface area contributed by atoms with E-state index in [0.29, 0.717) is 13.0 Å². The summed E-state index contributed by atoms with van der Waals surface area (Å²) in [6.45, 7) is 1.70. The van der Waals surface area contributed by atoms with Crippen LogP contribution >= 0.6 is 0 Å². The SMILES string of the molecule is C[C@@H](O)[C@H](NC(=O)NCCc1ccccc1)C(=O)O. The number of carbonyl (C=O) groups excluding carboxylic acids is 1. The number of urea groups is 1. The van der Waals surface area contributed by atoms with Crippen molar-refractivity contribution in [2.24, 2.45) is 0 Å². The molecule has 0 unspecified atom stereocenters. The average molecular weight is 266 g/mol. The summed E-state index contributed by atoms with van der Waals surface area (Å²) in [5.41, 5.74) is 1.08. The molecule has 19 heavy (non-hydrogen) atoms. The molecule has 0 fully saturated rings. The lowest BCUT2D eigenvalue weighted by Gasteiger charge is -2.17. The Morgan fingerprint density at radius 1 is 1.26 bits per heavy atom. The predicted octanol–water partition coefficient (Wildman–Crippen LogP) is 0.362. The molecule has 104 valence electrons.